The Kier molecular flexibility index (Phi) is 1.59. The van der Waals surface area contributed by atoms with Gasteiger partial charge in [0.15, 0.2) is 0 Å². The summed E-state index contributed by atoms with van der Waals surface area (Å²) in [5.41, 5.74) is 5.80. The van der Waals surface area contributed by atoms with Crippen LogP contribution in [-0.4, -0.2) is 0 Å². The molecule has 1 aromatic heterocycles. The molecule has 1 heteroatoms. The van der Waals surface area contributed by atoms with E-state index in [2.05, 4.69) is 38.1 Å². The zero-order valence-electron chi connectivity index (χ0n) is 8.42. The van der Waals surface area contributed by atoms with Crippen molar-refractivity contribution in [2.75, 3.05) is 0 Å². The molecule has 0 radical (unpaired) electrons. The molecule has 0 fully saturated rings. The maximum atomic E-state index is 2.32. The number of aryl methyl sites for hydroxylation is 2. The molecule has 0 nitrogen and oxygen atoms in total. The van der Waals surface area contributed by atoms with E-state index in [1.807, 2.05) is 11.3 Å². The molecule has 0 saturated heterocycles. The van der Waals surface area contributed by atoms with Crippen LogP contribution in [0, 0.1) is 13.8 Å². The van der Waals surface area contributed by atoms with Crippen molar-refractivity contribution >= 4 is 11.3 Å². The SMILES string of the molecule is Cc1ccc2c(c1)-c1cc(C)sc1C2. The Labute approximate surface area is 88.2 Å². The van der Waals surface area contributed by atoms with Gasteiger partial charge >= 0.3 is 0 Å². The summed E-state index contributed by atoms with van der Waals surface area (Å²) >= 11 is 1.94. The van der Waals surface area contributed by atoms with Crippen LogP contribution in [-0.2, 0) is 6.42 Å². The average molecular weight is 200 g/mol. The van der Waals surface area contributed by atoms with Gasteiger partial charge in [-0.05, 0) is 36.6 Å². The van der Waals surface area contributed by atoms with Crippen LogP contribution in [0.15, 0.2) is 24.3 Å². The lowest BCUT2D eigenvalue weighted by molar-refractivity contribution is 1.30. The van der Waals surface area contributed by atoms with Crippen molar-refractivity contribution in [3.63, 3.8) is 0 Å². The van der Waals surface area contributed by atoms with E-state index in [1.165, 1.54) is 27.1 Å². The number of hydrogen-bond acceptors (Lipinski definition) is 1. The Hall–Kier alpha value is -1.08. The zero-order chi connectivity index (χ0) is 9.71. The first-order valence-electron chi connectivity index (χ1n) is 4.93. The first-order chi connectivity index (χ1) is 6.74. The maximum Gasteiger partial charge on any atom is 0.0171 e. The summed E-state index contributed by atoms with van der Waals surface area (Å²) in [5, 5.41) is 0. The summed E-state index contributed by atoms with van der Waals surface area (Å²) in [4.78, 5) is 2.98. The summed E-state index contributed by atoms with van der Waals surface area (Å²) in [6.45, 7) is 4.36. The van der Waals surface area contributed by atoms with Crippen LogP contribution >= 0.6 is 11.3 Å². The predicted octanol–water partition coefficient (Wildman–Crippen LogP) is 3.94. The number of fused-ring (bicyclic) bond motifs is 3. The van der Waals surface area contributed by atoms with Crippen molar-refractivity contribution in [3.05, 3.63) is 45.1 Å². The van der Waals surface area contributed by atoms with Gasteiger partial charge in [0.2, 0.25) is 0 Å². The molecule has 1 aliphatic carbocycles. The Morgan fingerprint density at radius 1 is 1.07 bits per heavy atom. The van der Waals surface area contributed by atoms with Crippen molar-refractivity contribution in [2.45, 2.75) is 20.3 Å². The Morgan fingerprint density at radius 3 is 2.79 bits per heavy atom. The lowest BCUT2D eigenvalue weighted by atomic mass is 10.0. The molecular formula is C13H12S. The fourth-order valence-corrected chi connectivity index (χ4v) is 3.26. The van der Waals surface area contributed by atoms with Gasteiger partial charge in [-0.15, -0.1) is 11.3 Å². The van der Waals surface area contributed by atoms with Crippen LogP contribution in [0.3, 0.4) is 0 Å². The third-order valence-electron chi connectivity index (χ3n) is 2.84. The Morgan fingerprint density at radius 2 is 1.93 bits per heavy atom. The number of hydrogen-bond donors (Lipinski definition) is 0. The predicted molar refractivity (Wildman–Crippen MR) is 62.0 cm³/mol. The van der Waals surface area contributed by atoms with Crippen molar-refractivity contribution in [3.8, 4) is 11.1 Å². The van der Waals surface area contributed by atoms with Crippen molar-refractivity contribution in [1.29, 1.82) is 0 Å². The van der Waals surface area contributed by atoms with Gasteiger partial charge in [-0.1, -0.05) is 23.8 Å². The van der Waals surface area contributed by atoms with E-state index in [0.717, 1.165) is 6.42 Å². The summed E-state index contributed by atoms with van der Waals surface area (Å²) in [7, 11) is 0. The summed E-state index contributed by atoms with van der Waals surface area (Å²) in [6, 6.07) is 9.12. The van der Waals surface area contributed by atoms with Gasteiger partial charge < -0.3 is 0 Å². The normalized spacial score (nSPS) is 12.7. The van der Waals surface area contributed by atoms with Gasteiger partial charge in [0.05, 0.1) is 0 Å². The van der Waals surface area contributed by atoms with Gasteiger partial charge in [-0.3, -0.25) is 0 Å². The third kappa shape index (κ3) is 1.05. The average Bonchev–Trinajstić information content (AvgIpc) is 2.62. The van der Waals surface area contributed by atoms with Crippen molar-refractivity contribution in [2.24, 2.45) is 0 Å². The molecule has 0 unspecified atom stereocenters. The van der Waals surface area contributed by atoms with E-state index in [4.69, 9.17) is 0 Å². The highest BCUT2D eigenvalue weighted by Crippen LogP contribution is 2.41. The largest absolute Gasteiger partial charge is 0.145 e. The van der Waals surface area contributed by atoms with Gasteiger partial charge in [-0.2, -0.15) is 0 Å². The maximum absolute atomic E-state index is 2.32. The van der Waals surface area contributed by atoms with Crippen LogP contribution in [0.2, 0.25) is 0 Å². The summed E-state index contributed by atoms with van der Waals surface area (Å²) in [5.74, 6) is 0. The molecule has 1 heterocycles. The molecule has 0 amide bonds. The quantitative estimate of drug-likeness (QED) is 0.515. The minimum Gasteiger partial charge on any atom is -0.145 e. The second kappa shape index (κ2) is 2.71. The highest BCUT2D eigenvalue weighted by atomic mass is 32.1. The Balaban J connectivity index is 2.28. The summed E-state index contributed by atoms with van der Waals surface area (Å²) in [6.07, 6.45) is 1.14. The second-order valence-electron chi connectivity index (χ2n) is 4.03. The smallest absolute Gasteiger partial charge is 0.0171 e. The fourth-order valence-electron chi connectivity index (χ4n) is 2.19. The van der Waals surface area contributed by atoms with Crippen LogP contribution in [0.1, 0.15) is 20.9 Å². The van der Waals surface area contributed by atoms with E-state index < -0.39 is 0 Å². The van der Waals surface area contributed by atoms with Crippen molar-refractivity contribution < 1.29 is 0 Å². The van der Waals surface area contributed by atoms with E-state index in [-0.39, 0.29) is 0 Å². The Bertz CT molecular complexity index is 506. The first-order valence-corrected chi connectivity index (χ1v) is 5.75. The fraction of sp³-hybridized carbons (Fsp3) is 0.231. The molecule has 0 N–H and O–H groups in total. The molecular weight excluding hydrogens is 188 g/mol. The standard InChI is InChI=1S/C13H12S/c1-8-3-4-10-7-13-12(11(10)5-8)6-9(2)14-13/h3-6H,7H2,1-2H3. The molecule has 14 heavy (non-hydrogen) atoms. The van der Waals surface area contributed by atoms with Crippen LogP contribution < -0.4 is 0 Å². The van der Waals surface area contributed by atoms with Crippen molar-refractivity contribution in [1.82, 2.24) is 0 Å². The molecule has 0 atom stereocenters. The molecule has 2 aromatic rings. The van der Waals surface area contributed by atoms with Crippen LogP contribution in [0.25, 0.3) is 11.1 Å². The monoisotopic (exact) mass is 200 g/mol. The van der Waals surface area contributed by atoms with E-state index in [0.29, 0.717) is 0 Å². The van der Waals surface area contributed by atoms with Gasteiger partial charge in [0.25, 0.3) is 0 Å². The lowest BCUT2D eigenvalue weighted by Gasteiger charge is -2.00. The molecule has 0 bridgehead atoms. The van der Waals surface area contributed by atoms with E-state index in [9.17, 15) is 0 Å². The molecule has 70 valence electrons. The number of thiophene rings is 1. The van der Waals surface area contributed by atoms with Gasteiger partial charge in [-0.25, -0.2) is 0 Å². The molecule has 1 aliphatic rings. The van der Waals surface area contributed by atoms with E-state index in [1.54, 1.807) is 4.88 Å². The topological polar surface area (TPSA) is 0 Å². The lowest BCUT2D eigenvalue weighted by Crippen LogP contribution is -1.80. The minimum atomic E-state index is 1.14. The van der Waals surface area contributed by atoms with Gasteiger partial charge in [0.1, 0.15) is 0 Å². The zero-order valence-corrected chi connectivity index (χ0v) is 9.24. The molecule has 3 rings (SSSR count). The molecule has 0 aliphatic heterocycles. The molecule has 1 aromatic carbocycles. The second-order valence-corrected chi connectivity index (χ2v) is 5.37. The number of benzene rings is 1. The van der Waals surface area contributed by atoms with Crippen LogP contribution in [0.5, 0.6) is 0 Å². The third-order valence-corrected chi connectivity index (χ3v) is 3.89. The first kappa shape index (κ1) is 8.25. The molecule has 0 spiro atoms. The minimum absolute atomic E-state index is 1.14. The van der Waals surface area contributed by atoms with Gasteiger partial charge in [0, 0.05) is 16.2 Å². The highest BCUT2D eigenvalue weighted by molar-refractivity contribution is 7.12. The van der Waals surface area contributed by atoms with Crippen LogP contribution in [0.4, 0.5) is 0 Å². The van der Waals surface area contributed by atoms with E-state index >= 15 is 0 Å². The highest BCUT2D eigenvalue weighted by Gasteiger charge is 2.20. The molecule has 0 saturated carbocycles. The number of rotatable bonds is 0. The summed E-state index contributed by atoms with van der Waals surface area (Å²) < 4.78 is 0.